The summed E-state index contributed by atoms with van der Waals surface area (Å²) in [5.74, 6) is -0.500. The van der Waals surface area contributed by atoms with Crippen molar-refractivity contribution in [2.45, 2.75) is 39.1 Å². The molecule has 0 bridgehead atoms. The van der Waals surface area contributed by atoms with Gasteiger partial charge < -0.3 is 10.1 Å². The van der Waals surface area contributed by atoms with Gasteiger partial charge in [0.15, 0.2) is 0 Å². The third-order valence-corrected chi connectivity index (χ3v) is 4.95. The molecule has 144 valence electrons. The highest BCUT2D eigenvalue weighted by Crippen LogP contribution is 2.16. The maximum absolute atomic E-state index is 13.4. The van der Waals surface area contributed by atoms with Gasteiger partial charge in [-0.15, -0.1) is 0 Å². The molecule has 0 aliphatic carbocycles. The number of hydrogen-bond acceptors (Lipinski definition) is 3. The average Bonchev–Trinajstić information content (AvgIpc) is 2.58. The van der Waals surface area contributed by atoms with E-state index in [1.165, 1.54) is 17.7 Å². The van der Waals surface area contributed by atoms with E-state index in [9.17, 15) is 9.18 Å². The summed E-state index contributed by atoms with van der Waals surface area (Å²) in [6, 6.07) is 12.2. The van der Waals surface area contributed by atoms with Crippen LogP contribution in [0.1, 0.15) is 35.3 Å². The van der Waals surface area contributed by atoms with Crippen molar-refractivity contribution in [3.05, 3.63) is 69.4 Å². The Kier molecular flexibility index (Phi) is 6.63. The Bertz CT molecular complexity index is 767. The molecular formula is C21H24BrFN2O2. The van der Waals surface area contributed by atoms with Crippen LogP contribution in [0.3, 0.4) is 0 Å². The highest BCUT2D eigenvalue weighted by atomic mass is 79.9. The van der Waals surface area contributed by atoms with Gasteiger partial charge in [-0.05, 0) is 55.3 Å². The number of benzene rings is 2. The van der Waals surface area contributed by atoms with Crippen LogP contribution in [0.25, 0.3) is 0 Å². The molecule has 1 heterocycles. The van der Waals surface area contributed by atoms with Crippen molar-refractivity contribution in [2.24, 2.45) is 0 Å². The summed E-state index contributed by atoms with van der Waals surface area (Å²) >= 11 is 3.26. The smallest absolute Gasteiger partial charge is 0.251 e. The topological polar surface area (TPSA) is 41.6 Å². The van der Waals surface area contributed by atoms with E-state index in [1.807, 2.05) is 24.3 Å². The zero-order valence-corrected chi connectivity index (χ0v) is 17.1. The first kappa shape index (κ1) is 20.0. The molecule has 0 aromatic heterocycles. The normalized spacial score (nSPS) is 20.4. The number of carbonyl (C=O) groups excluding carboxylic acids is 1. The molecule has 4 nitrogen and oxygen atoms in total. The van der Waals surface area contributed by atoms with Crippen molar-refractivity contribution >= 4 is 21.8 Å². The second-order valence-electron chi connectivity index (χ2n) is 7.11. The first-order chi connectivity index (χ1) is 12.9. The zero-order valence-electron chi connectivity index (χ0n) is 15.5. The summed E-state index contributed by atoms with van der Waals surface area (Å²) in [5.41, 5.74) is 2.47. The Labute approximate surface area is 167 Å². The molecule has 1 N–H and O–H groups in total. The Hall–Kier alpha value is -1.76. The van der Waals surface area contributed by atoms with Crippen LogP contribution in [0.2, 0.25) is 0 Å². The molecule has 1 amide bonds. The van der Waals surface area contributed by atoms with Crippen LogP contribution in [0, 0.1) is 5.82 Å². The minimum absolute atomic E-state index is 0.171. The molecule has 6 heteroatoms. The van der Waals surface area contributed by atoms with Crippen LogP contribution in [-0.4, -0.2) is 36.1 Å². The van der Waals surface area contributed by atoms with Gasteiger partial charge in [0, 0.05) is 36.2 Å². The Morgan fingerprint density at radius 1 is 1.15 bits per heavy atom. The van der Waals surface area contributed by atoms with Gasteiger partial charge in [-0.25, -0.2) is 4.39 Å². The maximum Gasteiger partial charge on any atom is 0.251 e. The molecule has 1 aliphatic rings. The lowest BCUT2D eigenvalue weighted by Crippen LogP contribution is -2.44. The van der Waals surface area contributed by atoms with Crippen molar-refractivity contribution in [3.63, 3.8) is 0 Å². The van der Waals surface area contributed by atoms with E-state index >= 15 is 0 Å². The number of rotatable bonds is 5. The van der Waals surface area contributed by atoms with E-state index in [0.29, 0.717) is 15.6 Å². The first-order valence-electron chi connectivity index (χ1n) is 9.09. The molecule has 2 aromatic rings. The molecule has 1 aliphatic heterocycles. The summed E-state index contributed by atoms with van der Waals surface area (Å²) in [5, 5.41) is 2.83. The average molecular weight is 435 g/mol. The Morgan fingerprint density at radius 2 is 1.81 bits per heavy atom. The highest BCUT2D eigenvalue weighted by molar-refractivity contribution is 9.10. The van der Waals surface area contributed by atoms with Crippen molar-refractivity contribution in [1.82, 2.24) is 10.2 Å². The lowest BCUT2D eigenvalue weighted by Gasteiger charge is -2.35. The Morgan fingerprint density at radius 3 is 2.44 bits per heavy atom. The summed E-state index contributed by atoms with van der Waals surface area (Å²) < 4.78 is 19.8. The largest absolute Gasteiger partial charge is 0.373 e. The monoisotopic (exact) mass is 434 g/mol. The van der Waals surface area contributed by atoms with Crippen LogP contribution < -0.4 is 5.32 Å². The molecule has 2 atom stereocenters. The maximum atomic E-state index is 13.4. The number of amides is 1. The molecule has 2 aromatic carbocycles. The van der Waals surface area contributed by atoms with Gasteiger partial charge in [-0.1, -0.05) is 28.1 Å². The standard InChI is InChI=1S/C21H24BrFN2O2/c1-14-11-25(12-15(2)27-14)13-16-3-5-18(6-4-16)21(26)24-10-17-7-19(22)9-20(23)8-17/h3-9,14-15H,10-13H2,1-2H3,(H,24,26). The van der Waals surface area contributed by atoms with E-state index in [-0.39, 0.29) is 30.5 Å². The van der Waals surface area contributed by atoms with Gasteiger partial charge in [-0.2, -0.15) is 0 Å². The molecule has 1 saturated heterocycles. The predicted molar refractivity (Wildman–Crippen MR) is 107 cm³/mol. The quantitative estimate of drug-likeness (QED) is 0.768. The number of ether oxygens (including phenoxy) is 1. The summed E-state index contributed by atoms with van der Waals surface area (Å²) in [6.07, 6.45) is 0.475. The van der Waals surface area contributed by atoms with E-state index in [4.69, 9.17) is 4.74 Å². The Balaban J connectivity index is 1.55. The molecular weight excluding hydrogens is 411 g/mol. The van der Waals surface area contributed by atoms with Crippen molar-refractivity contribution < 1.29 is 13.9 Å². The molecule has 0 radical (unpaired) electrons. The third-order valence-electron chi connectivity index (χ3n) is 4.49. The minimum atomic E-state index is -0.329. The van der Waals surface area contributed by atoms with Gasteiger partial charge >= 0.3 is 0 Å². The molecule has 0 spiro atoms. The van der Waals surface area contributed by atoms with Crippen molar-refractivity contribution in [2.75, 3.05) is 13.1 Å². The van der Waals surface area contributed by atoms with E-state index in [1.54, 1.807) is 6.07 Å². The lowest BCUT2D eigenvalue weighted by atomic mass is 10.1. The van der Waals surface area contributed by atoms with Crippen LogP contribution in [0.4, 0.5) is 4.39 Å². The van der Waals surface area contributed by atoms with Crippen LogP contribution in [0.5, 0.6) is 0 Å². The fourth-order valence-electron chi connectivity index (χ4n) is 3.43. The van der Waals surface area contributed by atoms with Gasteiger partial charge in [0.2, 0.25) is 0 Å². The van der Waals surface area contributed by atoms with Gasteiger partial charge in [0.25, 0.3) is 5.91 Å². The predicted octanol–water partition coefficient (Wildman–Crippen LogP) is 4.13. The summed E-state index contributed by atoms with van der Waals surface area (Å²) in [7, 11) is 0. The molecule has 27 heavy (non-hydrogen) atoms. The van der Waals surface area contributed by atoms with Crippen LogP contribution >= 0.6 is 15.9 Å². The number of hydrogen-bond donors (Lipinski definition) is 1. The fourth-order valence-corrected chi connectivity index (χ4v) is 3.94. The van der Waals surface area contributed by atoms with E-state index in [2.05, 4.69) is 40.0 Å². The van der Waals surface area contributed by atoms with E-state index < -0.39 is 0 Å². The van der Waals surface area contributed by atoms with E-state index in [0.717, 1.165) is 19.6 Å². The lowest BCUT2D eigenvalue weighted by molar-refractivity contribution is -0.0704. The molecule has 0 saturated carbocycles. The van der Waals surface area contributed by atoms with Crippen molar-refractivity contribution in [3.8, 4) is 0 Å². The van der Waals surface area contributed by atoms with Crippen LogP contribution in [-0.2, 0) is 17.8 Å². The zero-order chi connectivity index (χ0) is 19.4. The van der Waals surface area contributed by atoms with Crippen LogP contribution in [0.15, 0.2) is 46.9 Å². The van der Waals surface area contributed by atoms with Gasteiger partial charge in [0.1, 0.15) is 5.82 Å². The van der Waals surface area contributed by atoms with Gasteiger partial charge in [-0.3, -0.25) is 9.69 Å². The second-order valence-corrected chi connectivity index (χ2v) is 8.02. The third kappa shape index (κ3) is 5.86. The molecule has 1 fully saturated rings. The minimum Gasteiger partial charge on any atom is -0.373 e. The molecule has 3 rings (SSSR count). The number of halogens is 2. The van der Waals surface area contributed by atoms with Crippen molar-refractivity contribution in [1.29, 1.82) is 0 Å². The number of nitrogens with zero attached hydrogens (tertiary/aromatic N) is 1. The molecule has 2 unspecified atom stereocenters. The fraction of sp³-hybridized carbons (Fsp3) is 0.381. The first-order valence-corrected chi connectivity index (χ1v) is 9.88. The SMILES string of the molecule is CC1CN(Cc2ccc(C(=O)NCc3cc(F)cc(Br)c3)cc2)CC(C)O1. The second kappa shape index (κ2) is 8.95. The van der Waals surface area contributed by atoms with Gasteiger partial charge in [0.05, 0.1) is 12.2 Å². The number of carbonyl (C=O) groups is 1. The summed E-state index contributed by atoms with van der Waals surface area (Å²) in [4.78, 5) is 14.7. The number of nitrogens with one attached hydrogen (secondary N) is 1. The highest BCUT2D eigenvalue weighted by Gasteiger charge is 2.22. The summed E-state index contributed by atoms with van der Waals surface area (Å²) in [6.45, 7) is 7.13. The number of morpholine rings is 1.